The lowest BCUT2D eigenvalue weighted by Gasteiger charge is -2.26. The Balaban J connectivity index is 2.00. The third-order valence-electron chi connectivity index (χ3n) is 3.72. The molecular weight excluding hydrogens is 176 g/mol. The van der Waals surface area contributed by atoms with E-state index in [-0.39, 0.29) is 12.0 Å². The minimum atomic E-state index is 0.121. The van der Waals surface area contributed by atoms with Gasteiger partial charge in [0.05, 0.1) is 5.92 Å². The summed E-state index contributed by atoms with van der Waals surface area (Å²) in [7, 11) is 0. The third kappa shape index (κ3) is 1.65. The molecule has 2 rings (SSSR count). The molecule has 0 bridgehead atoms. The highest BCUT2D eigenvalue weighted by atomic mass is 16.2. The highest BCUT2D eigenvalue weighted by Gasteiger charge is 2.36. The van der Waals surface area contributed by atoms with Gasteiger partial charge in [-0.05, 0) is 32.6 Å². The van der Waals surface area contributed by atoms with E-state index in [0.29, 0.717) is 11.9 Å². The van der Waals surface area contributed by atoms with Crippen LogP contribution in [-0.2, 0) is 4.79 Å². The molecule has 0 unspecified atom stereocenters. The molecule has 1 aliphatic heterocycles. The van der Waals surface area contributed by atoms with Crippen LogP contribution in [0.25, 0.3) is 0 Å². The van der Waals surface area contributed by atoms with Gasteiger partial charge in [0.1, 0.15) is 0 Å². The number of hydrogen-bond donors (Lipinski definition) is 1. The summed E-state index contributed by atoms with van der Waals surface area (Å²) in [5.41, 5.74) is 5.95. The molecule has 0 radical (unpaired) electrons. The molecule has 1 aliphatic carbocycles. The van der Waals surface area contributed by atoms with Crippen LogP contribution in [0.15, 0.2) is 0 Å². The molecule has 2 fully saturated rings. The van der Waals surface area contributed by atoms with E-state index in [9.17, 15) is 4.79 Å². The quantitative estimate of drug-likeness (QED) is 0.683. The molecule has 0 aromatic heterocycles. The van der Waals surface area contributed by atoms with Gasteiger partial charge in [-0.2, -0.15) is 0 Å². The predicted molar refractivity (Wildman–Crippen MR) is 55.7 cm³/mol. The Morgan fingerprint density at radius 2 is 2.07 bits per heavy atom. The largest absolute Gasteiger partial charge is 0.340 e. The summed E-state index contributed by atoms with van der Waals surface area (Å²) in [6.07, 6.45) is 5.48. The van der Waals surface area contributed by atoms with Crippen LogP contribution in [0, 0.1) is 5.92 Å². The van der Waals surface area contributed by atoms with Gasteiger partial charge in [0.15, 0.2) is 0 Å². The van der Waals surface area contributed by atoms with Crippen LogP contribution in [0.1, 0.15) is 39.0 Å². The van der Waals surface area contributed by atoms with E-state index in [2.05, 4.69) is 6.92 Å². The summed E-state index contributed by atoms with van der Waals surface area (Å²) in [6.45, 7) is 3.09. The van der Waals surface area contributed by atoms with E-state index in [1.54, 1.807) is 0 Å². The van der Waals surface area contributed by atoms with Crippen molar-refractivity contribution in [2.75, 3.05) is 6.54 Å². The molecule has 0 aromatic carbocycles. The lowest BCUT2D eigenvalue weighted by molar-refractivity contribution is -0.136. The van der Waals surface area contributed by atoms with Crippen molar-refractivity contribution in [3.05, 3.63) is 0 Å². The Bertz CT molecular complexity index is 207. The summed E-state index contributed by atoms with van der Waals surface area (Å²) in [5, 5.41) is 0. The Kier molecular flexibility index (Phi) is 2.77. The summed E-state index contributed by atoms with van der Waals surface area (Å²) in [6, 6.07) is 0.561. The standard InChI is InChI=1S/C11H20N2O/c1-8-4-3-7-13(8)11(14)9-5-2-6-10(9)12/h8-10H,2-7,12H2,1H3/t8-,9+,10+/m1/s1. The van der Waals surface area contributed by atoms with Gasteiger partial charge < -0.3 is 10.6 Å². The Morgan fingerprint density at radius 1 is 1.29 bits per heavy atom. The number of amides is 1. The molecule has 1 saturated heterocycles. The van der Waals surface area contributed by atoms with Gasteiger partial charge in [0, 0.05) is 18.6 Å². The first-order valence-electron chi connectivity index (χ1n) is 5.76. The summed E-state index contributed by atoms with van der Waals surface area (Å²) in [5.74, 6) is 0.440. The number of rotatable bonds is 1. The monoisotopic (exact) mass is 196 g/mol. The molecule has 0 aromatic rings. The number of carbonyl (C=O) groups excluding carboxylic acids is 1. The Morgan fingerprint density at radius 3 is 2.57 bits per heavy atom. The van der Waals surface area contributed by atoms with Crippen LogP contribution >= 0.6 is 0 Å². The second kappa shape index (κ2) is 3.89. The molecule has 80 valence electrons. The first kappa shape index (κ1) is 9.97. The molecular formula is C11H20N2O. The van der Waals surface area contributed by atoms with Gasteiger partial charge in [-0.3, -0.25) is 4.79 Å². The first-order chi connectivity index (χ1) is 6.70. The van der Waals surface area contributed by atoms with E-state index in [1.807, 2.05) is 4.90 Å². The van der Waals surface area contributed by atoms with Crippen LogP contribution in [0.4, 0.5) is 0 Å². The van der Waals surface area contributed by atoms with Crippen molar-refractivity contribution < 1.29 is 4.79 Å². The average Bonchev–Trinajstić information content (AvgIpc) is 2.73. The maximum absolute atomic E-state index is 12.1. The zero-order valence-corrected chi connectivity index (χ0v) is 8.91. The predicted octanol–water partition coefficient (Wildman–Crippen LogP) is 1.12. The minimum absolute atomic E-state index is 0.121. The maximum atomic E-state index is 12.1. The van der Waals surface area contributed by atoms with Crippen LogP contribution in [0.2, 0.25) is 0 Å². The van der Waals surface area contributed by atoms with E-state index in [0.717, 1.165) is 38.6 Å². The van der Waals surface area contributed by atoms with Gasteiger partial charge in [-0.15, -0.1) is 0 Å². The zero-order valence-electron chi connectivity index (χ0n) is 8.91. The van der Waals surface area contributed by atoms with Crippen LogP contribution in [0.5, 0.6) is 0 Å². The SMILES string of the molecule is C[C@@H]1CCCN1C(=O)[C@H]1CCC[C@@H]1N. The van der Waals surface area contributed by atoms with E-state index in [1.165, 1.54) is 0 Å². The van der Waals surface area contributed by atoms with Gasteiger partial charge >= 0.3 is 0 Å². The molecule has 3 nitrogen and oxygen atoms in total. The molecule has 2 aliphatic rings. The number of likely N-dealkylation sites (tertiary alicyclic amines) is 1. The average molecular weight is 196 g/mol. The Labute approximate surface area is 85.6 Å². The van der Waals surface area contributed by atoms with Crippen molar-refractivity contribution in [3.8, 4) is 0 Å². The smallest absolute Gasteiger partial charge is 0.227 e. The highest BCUT2D eigenvalue weighted by Crippen LogP contribution is 2.28. The normalized spacial score (nSPS) is 37.9. The number of nitrogens with zero attached hydrogens (tertiary/aromatic N) is 1. The molecule has 0 spiro atoms. The van der Waals surface area contributed by atoms with E-state index >= 15 is 0 Å². The molecule has 1 heterocycles. The molecule has 3 atom stereocenters. The lowest BCUT2D eigenvalue weighted by Crippen LogP contribution is -2.43. The van der Waals surface area contributed by atoms with Crippen molar-refractivity contribution in [1.82, 2.24) is 4.90 Å². The van der Waals surface area contributed by atoms with Gasteiger partial charge in [-0.25, -0.2) is 0 Å². The summed E-state index contributed by atoms with van der Waals surface area (Å²) in [4.78, 5) is 14.2. The van der Waals surface area contributed by atoms with Crippen LogP contribution in [-0.4, -0.2) is 29.4 Å². The first-order valence-corrected chi connectivity index (χ1v) is 5.76. The molecule has 3 heteroatoms. The van der Waals surface area contributed by atoms with Crippen molar-refractivity contribution in [2.24, 2.45) is 11.7 Å². The van der Waals surface area contributed by atoms with Gasteiger partial charge in [0.25, 0.3) is 0 Å². The van der Waals surface area contributed by atoms with Crippen molar-refractivity contribution in [3.63, 3.8) is 0 Å². The topological polar surface area (TPSA) is 46.3 Å². The minimum Gasteiger partial charge on any atom is -0.340 e. The maximum Gasteiger partial charge on any atom is 0.227 e. The lowest BCUT2D eigenvalue weighted by atomic mass is 10.0. The van der Waals surface area contributed by atoms with Crippen molar-refractivity contribution in [2.45, 2.75) is 51.1 Å². The Hall–Kier alpha value is -0.570. The fourth-order valence-electron chi connectivity index (χ4n) is 2.77. The van der Waals surface area contributed by atoms with Gasteiger partial charge in [-0.1, -0.05) is 6.42 Å². The molecule has 1 amide bonds. The van der Waals surface area contributed by atoms with Crippen molar-refractivity contribution >= 4 is 5.91 Å². The second-order valence-corrected chi connectivity index (χ2v) is 4.72. The summed E-state index contributed by atoms with van der Waals surface area (Å²) >= 11 is 0. The number of nitrogens with two attached hydrogens (primary N) is 1. The fourth-order valence-corrected chi connectivity index (χ4v) is 2.77. The number of carbonyl (C=O) groups is 1. The van der Waals surface area contributed by atoms with Crippen LogP contribution in [0.3, 0.4) is 0 Å². The highest BCUT2D eigenvalue weighted by molar-refractivity contribution is 5.80. The zero-order chi connectivity index (χ0) is 10.1. The van der Waals surface area contributed by atoms with E-state index < -0.39 is 0 Å². The van der Waals surface area contributed by atoms with Crippen LogP contribution < -0.4 is 5.73 Å². The van der Waals surface area contributed by atoms with E-state index in [4.69, 9.17) is 5.73 Å². The number of hydrogen-bond acceptors (Lipinski definition) is 2. The molecule has 2 N–H and O–H groups in total. The van der Waals surface area contributed by atoms with Gasteiger partial charge in [0.2, 0.25) is 5.91 Å². The third-order valence-corrected chi connectivity index (χ3v) is 3.72. The second-order valence-electron chi connectivity index (χ2n) is 4.72. The summed E-state index contributed by atoms with van der Waals surface area (Å²) < 4.78 is 0. The van der Waals surface area contributed by atoms with Crippen molar-refractivity contribution in [1.29, 1.82) is 0 Å². The molecule has 14 heavy (non-hydrogen) atoms. The molecule has 1 saturated carbocycles. The fraction of sp³-hybridized carbons (Fsp3) is 0.909.